The molecule has 1 aromatic carbocycles. The Kier molecular flexibility index (Phi) is 5.04. The molecular formula is C12H16O3. The lowest BCUT2D eigenvalue weighted by atomic mass is 10.0. The first-order valence-electron chi connectivity index (χ1n) is 4.87. The Morgan fingerprint density at radius 3 is 2.53 bits per heavy atom. The van der Waals surface area contributed by atoms with E-state index in [4.69, 9.17) is 9.84 Å². The summed E-state index contributed by atoms with van der Waals surface area (Å²) in [5.41, 5.74) is 0.778. The van der Waals surface area contributed by atoms with E-state index in [1.54, 1.807) is 0 Å². The van der Waals surface area contributed by atoms with E-state index in [9.17, 15) is 5.11 Å². The van der Waals surface area contributed by atoms with Crippen LogP contribution in [-0.2, 0) is 4.74 Å². The van der Waals surface area contributed by atoms with Crippen LogP contribution in [0.5, 0.6) is 0 Å². The second kappa shape index (κ2) is 6.35. The molecule has 0 heterocycles. The number of aliphatic hydroxyl groups is 2. The summed E-state index contributed by atoms with van der Waals surface area (Å²) >= 11 is 0. The Balaban J connectivity index is 2.64. The third kappa shape index (κ3) is 3.47. The molecule has 0 bridgehead atoms. The largest absolute Gasteiger partial charge is 0.394 e. The second-order valence-electron chi connectivity index (χ2n) is 3.15. The normalized spacial score (nSPS) is 14.5. The summed E-state index contributed by atoms with van der Waals surface area (Å²) in [6.45, 7) is 3.73. The van der Waals surface area contributed by atoms with Gasteiger partial charge in [0, 0.05) is 0 Å². The Bertz CT molecular complexity index is 284. The van der Waals surface area contributed by atoms with Gasteiger partial charge in [-0.3, -0.25) is 0 Å². The van der Waals surface area contributed by atoms with Crippen molar-refractivity contribution in [1.29, 1.82) is 0 Å². The van der Waals surface area contributed by atoms with Crippen molar-refractivity contribution >= 4 is 0 Å². The minimum atomic E-state index is -0.741. The maximum atomic E-state index is 9.93. The Morgan fingerprint density at radius 2 is 2.00 bits per heavy atom. The van der Waals surface area contributed by atoms with Gasteiger partial charge in [-0.2, -0.15) is 0 Å². The highest BCUT2D eigenvalue weighted by molar-refractivity contribution is 5.19. The molecule has 0 spiro atoms. The van der Waals surface area contributed by atoms with Crippen LogP contribution in [0.2, 0.25) is 0 Å². The van der Waals surface area contributed by atoms with E-state index in [0.29, 0.717) is 0 Å². The monoisotopic (exact) mass is 208 g/mol. The summed E-state index contributed by atoms with van der Waals surface area (Å²) in [6.07, 6.45) is 0.308. The molecule has 0 fully saturated rings. The third-order valence-electron chi connectivity index (χ3n) is 2.09. The molecule has 0 saturated carbocycles. The molecule has 82 valence electrons. The van der Waals surface area contributed by atoms with Crippen molar-refractivity contribution in [2.75, 3.05) is 13.2 Å². The molecule has 0 aliphatic rings. The van der Waals surface area contributed by atoms with Crippen LogP contribution >= 0.6 is 0 Å². The topological polar surface area (TPSA) is 49.7 Å². The van der Waals surface area contributed by atoms with Crippen molar-refractivity contribution in [3.05, 3.63) is 48.6 Å². The Labute approximate surface area is 89.6 Å². The van der Waals surface area contributed by atoms with Gasteiger partial charge in [-0.25, -0.2) is 0 Å². The highest BCUT2D eigenvalue weighted by Crippen LogP contribution is 2.19. The Morgan fingerprint density at radius 1 is 1.33 bits per heavy atom. The molecule has 0 unspecified atom stereocenters. The lowest BCUT2D eigenvalue weighted by molar-refractivity contribution is -0.0228. The average Bonchev–Trinajstić information content (AvgIpc) is 2.31. The first-order valence-corrected chi connectivity index (χ1v) is 4.87. The zero-order valence-electron chi connectivity index (χ0n) is 8.54. The lowest BCUT2D eigenvalue weighted by Crippen LogP contribution is -2.21. The van der Waals surface area contributed by atoms with Gasteiger partial charge in [0.25, 0.3) is 0 Å². The van der Waals surface area contributed by atoms with Gasteiger partial charge in [0.05, 0.1) is 13.2 Å². The van der Waals surface area contributed by atoms with Crippen LogP contribution in [-0.4, -0.2) is 29.5 Å². The summed E-state index contributed by atoms with van der Waals surface area (Å²) in [4.78, 5) is 0. The molecule has 3 nitrogen and oxygen atoms in total. The number of hydrogen-bond acceptors (Lipinski definition) is 3. The molecule has 15 heavy (non-hydrogen) atoms. The molecule has 2 atom stereocenters. The van der Waals surface area contributed by atoms with E-state index >= 15 is 0 Å². The maximum Gasteiger partial charge on any atom is 0.109 e. The zero-order chi connectivity index (χ0) is 11.1. The summed E-state index contributed by atoms with van der Waals surface area (Å²) in [5, 5.41) is 18.6. The first-order chi connectivity index (χ1) is 7.29. The van der Waals surface area contributed by atoms with Gasteiger partial charge in [0.2, 0.25) is 0 Å². The molecule has 0 amide bonds. The van der Waals surface area contributed by atoms with Crippen LogP contribution in [0.15, 0.2) is 43.0 Å². The van der Waals surface area contributed by atoms with Crippen LogP contribution in [0.1, 0.15) is 11.7 Å². The number of hydrogen-bond donors (Lipinski definition) is 2. The van der Waals surface area contributed by atoms with Crippen molar-refractivity contribution in [2.45, 2.75) is 12.2 Å². The SMILES string of the molecule is C=C[C@@H](OCCO)[C@H](O)c1ccccc1. The van der Waals surface area contributed by atoms with Crippen molar-refractivity contribution in [3.8, 4) is 0 Å². The zero-order valence-corrected chi connectivity index (χ0v) is 8.54. The van der Waals surface area contributed by atoms with Gasteiger partial charge in [-0.1, -0.05) is 36.4 Å². The van der Waals surface area contributed by atoms with E-state index in [1.807, 2.05) is 30.3 Å². The van der Waals surface area contributed by atoms with Gasteiger partial charge in [-0.05, 0) is 5.56 Å². The van der Waals surface area contributed by atoms with Crippen LogP contribution in [0.4, 0.5) is 0 Å². The van der Waals surface area contributed by atoms with Crippen LogP contribution in [0.25, 0.3) is 0 Å². The standard InChI is InChI=1S/C12H16O3/c1-2-11(15-9-8-13)12(14)10-6-4-3-5-7-10/h2-7,11-14H,1,8-9H2/t11-,12-/m1/s1. The highest BCUT2D eigenvalue weighted by Gasteiger charge is 2.17. The van der Waals surface area contributed by atoms with Gasteiger partial charge in [0.15, 0.2) is 0 Å². The quantitative estimate of drug-likeness (QED) is 0.692. The molecule has 0 aliphatic heterocycles. The van der Waals surface area contributed by atoms with Crippen LogP contribution in [0, 0.1) is 0 Å². The van der Waals surface area contributed by atoms with E-state index in [2.05, 4.69) is 6.58 Å². The van der Waals surface area contributed by atoms with E-state index in [0.717, 1.165) is 5.56 Å². The van der Waals surface area contributed by atoms with E-state index in [-0.39, 0.29) is 13.2 Å². The van der Waals surface area contributed by atoms with Crippen molar-refractivity contribution in [1.82, 2.24) is 0 Å². The minimum Gasteiger partial charge on any atom is -0.394 e. The highest BCUT2D eigenvalue weighted by atomic mass is 16.5. The number of rotatable bonds is 6. The fourth-order valence-corrected chi connectivity index (χ4v) is 1.32. The summed E-state index contributed by atoms with van der Waals surface area (Å²) in [6, 6.07) is 9.23. The number of aliphatic hydroxyl groups excluding tert-OH is 2. The fraction of sp³-hybridized carbons (Fsp3) is 0.333. The minimum absolute atomic E-state index is 0.0636. The lowest BCUT2D eigenvalue weighted by Gasteiger charge is -2.20. The van der Waals surface area contributed by atoms with Crippen molar-refractivity contribution < 1.29 is 14.9 Å². The predicted molar refractivity (Wildman–Crippen MR) is 58.4 cm³/mol. The van der Waals surface area contributed by atoms with Gasteiger partial charge in [0.1, 0.15) is 12.2 Å². The second-order valence-corrected chi connectivity index (χ2v) is 3.15. The number of benzene rings is 1. The van der Waals surface area contributed by atoms with Gasteiger partial charge in [-0.15, -0.1) is 6.58 Å². The predicted octanol–water partition coefficient (Wildman–Crippen LogP) is 1.28. The fourth-order valence-electron chi connectivity index (χ4n) is 1.32. The van der Waals surface area contributed by atoms with Gasteiger partial charge < -0.3 is 14.9 Å². The maximum absolute atomic E-state index is 9.93. The number of ether oxygens (including phenoxy) is 1. The smallest absolute Gasteiger partial charge is 0.109 e. The summed E-state index contributed by atoms with van der Waals surface area (Å²) in [7, 11) is 0. The molecule has 1 aromatic rings. The molecule has 0 radical (unpaired) electrons. The third-order valence-corrected chi connectivity index (χ3v) is 2.09. The molecular weight excluding hydrogens is 192 g/mol. The Hall–Kier alpha value is -1.16. The summed E-state index contributed by atoms with van der Waals surface area (Å²) in [5.74, 6) is 0. The molecule has 3 heteroatoms. The van der Waals surface area contributed by atoms with E-state index in [1.165, 1.54) is 6.08 Å². The van der Waals surface area contributed by atoms with Crippen LogP contribution in [0.3, 0.4) is 0 Å². The first kappa shape index (κ1) is 11.9. The molecule has 0 aliphatic carbocycles. The average molecular weight is 208 g/mol. The van der Waals surface area contributed by atoms with Crippen LogP contribution < -0.4 is 0 Å². The molecule has 1 rings (SSSR count). The molecule has 2 N–H and O–H groups in total. The molecule has 0 saturated heterocycles. The van der Waals surface area contributed by atoms with E-state index < -0.39 is 12.2 Å². The van der Waals surface area contributed by atoms with Gasteiger partial charge >= 0.3 is 0 Å². The molecule has 0 aromatic heterocycles. The van der Waals surface area contributed by atoms with Crippen molar-refractivity contribution in [3.63, 3.8) is 0 Å². The van der Waals surface area contributed by atoms with Crippen molar-refractivity contribution in [2.24, 2.45) is 0 Å². The summed E-state index contributed by atoms with van der Waals surface area (Å²) < 4.78 is 5.24.